The highest BCUT2D eigenvalue weighted by molar-refractivity contribution is 8.00. The van der Waals surface area contributed by atoms with Gasteiger partial charge in [0, 0.05) is 22.0 Å². The summed E-state index contributed by atoms with van der Waals surface area (Å²) in [5.74, 6) is 0.536. The Bertz CT molecular complexity index is 579. The van der Waals surface area contributed by atoms with E-state index in [1.54, 1.807) is 17.4 Å². The molecule has 0 radical (unpaired) electrons. The van der Waals surface area contributed by atoms with Crippen molar-refractivity contribution in [2.75, 3.05) is 18.0 Å². The van der Waals surface area contributed by atoms with E-state index in [2.05, 4.69) is 6.58 Å². The van der Waals surface area contributed by atoms with Crippen molar-refractivity contribution in [3.8, 4) is 0 Å². The van der Waals surface area contributed by atoms with E-state index in [1.807, 2.05) is 46.7 Å². The Morgan fingerprint density at radius 3 is 2.71 bits per heavy atom. The lowest BCUT2D eigenvalue weighted by molar-refractivity contribution is -0.128. The molecule has 0 fully saturated rings. The minimum Gasteiger partial charge on any atom is -0.399 e. The maximum Gasteiger partial charge on any atom is 0.233 e. The number of benzene rings is 1. The van der Waals surface area contributed by atoms with Crippen LogP contribution in [0, 0.1) is 0 Å². The van der Waals surface area contributed by atoms with Gasteiger partial charge in [0.1, 0.15) is 0 Å². The molecule has 0 spiro atoms. The molecule has 3 nitrogen and oxygen atoms in total. The molecule has 2 aromatic rings. The van der Waals surface area contributed by atoms with Gasteiger partial charge in [-0.3, -0.25) is 4.79 Å². The average Bonchev–Trinajstić information content (AvgIpc) is 2.99. The molecule has 5 heteroatoms. The number of hydrogen-bond donors (Lipinski definition) is 1. The molecule has 2 rings (SSSR count). The van der Waals surface area contributed by atoms with Crippen LogP contribution < -0.4 is 5.73 Å². The third-order valence-electron chi connectivity index (χ3n) is 2.87. The van der Waals surface area contributed by atoms with Gasteiger partial charge in [-0.1, -0.05) is 12.1 Å². The molecule has 110 valence electrons. The molecule has 21 heavy (non-hydrogen) atoms. The first-order chi connectivity index (χ1) is 10.2. The van der Waals surface area contributed by atoms with Gasteiger partial charge in [0.2, 0.25) is 5.91 Å². The summed E-state index contributed by atoms with van der Waals surface area (Å²) in [4.78, 5) is 16.4. The third-order valence-corrected chi connectivity index (χ3v) is 4.73. The highest BCUT2D eigenvalue weighted by Gasteiger charge is 2.13. The minimum atomic E-state index is 0.116. The summed E-state index contributed by atoms with van der Waals surface area (Å²) in [7, 11) is 0. The summed E-state index contributed by atoms with van der Waals surface area (Å²) in [5, 5.41) is 2.02. The van der Waals surface area contributed by atoms with E-state index in [0.29, 0.717) is 18.8 Å². The number of thiophene rings is 1. The number of carbonyl (C=O) groups is 1. The molecular weight excluding hydrogens is 300 g/mol. The third kappa shape index (κ3) is 4.95. The summed E-state index contributed by atoms with van der Waals surface area (Å²) < 4.78 is 0. The zero-order valence-electron chi connectivity index (χ0n) is 11.7. The van der Waals surface area contributed by atoms with Gasteiger partial charge in [-0.05, 0) is 35.7 Å². The zero-order valence-corrected chi connectivity index (χ0v) is 13.3. The fraction of sp³-hybridized carbons (Fsp3) is 0.188. The second-order valence-electron chi connectivity index (χ2n) is 4.50. The Labute approximate surface area is 133 Å². The van der Waals surface area contributed by atoms with Crippen LogP contribution in [0.5, 0.6) is 0 Å². The average molecular weight is 318 g/mol. The summed E-state index contributed by atoms with van der Waals surface area (Å²) in [6.07, 6.45) is 1.76. The monoisotopic (exact) mass is 318 g/mol. The van der Waals surface area contributed by atoms with E-state index >= 15 is 0 Å². The predicted octanol–water partition coefficient (Wildman–Crippen LogP) is 3.64. The van der Waals surface area contributed by atoms with E-state index < -0.39 is 0 Å². The molecule has 1 aromatic carbocycles. The van der Waals surface area contributed by atoms with E-state index in [4.69, 9.17) is 5.73 Å². The molecule has 0 aliphatic rings. The quantitative estimate of drug-likeness (QED) is 0.482. The van der Waals surface area contributed by atoms with Gasteiger partial charge in [0.05, 0.1) is 12.3 Å². The minimum absolute atomic E-state index is 0.116. The second-order valence-corrected chi connectivity index (χ2v) is 6.58. The Kier molecular flexibility index (Phi) is 5.90. The first-order valence-corrected chi connectivity index (χ1v) is 8.45. The van der Waals surface area contributed by atoms with Crippen LogP contribution in [0.25, 0.3) is 0 Å². The van der Waals surface area contributed by atoms with Gasteiger partial charge < -0.3 is 10.6 Å². The summed E-state index contributed by atoms with van der Waals surface area (Å²) in [6.45, 7) is 4.94. The second kappa shape index (κ2) is 7.90. The van der Waals surface area contributed by atoms with E-state index in [0.717, 1.165) is 10.6 Å². The molecule has 0 aliphatic carbocycles. The smallest absolute Gasteiger partial charge is 0.233 e. The van der Waals surface area contributed by atoms with Gasteiger partial charge in [0.25, 0.3) is 0 Å². The lowest BCUT2D eigenvalue weighted by Gasteiger charge is -2.20. The summed E-state index contributed by atoms with van der Waals surface area (Å²) in [6, 6.07) is 11.6. The van der Waals surface area contributed by atoms with Crippen LogP contribution >= 0.6 is 23.1 Å². The van der Waals surface area contributed by atoms with Crippen LogP contribution in [0.1, 0.15) is 4.88 Å². The first-order valence-electron chi connectivity index (χ1n) is 6.58. The van der Waals surface area contributed by atoms with Crippen molar-refractivity contribution in [1.82, 2.24) is 4.90 Å². The lowest BCUT2D eigenvalue weighted by Crippen LogP contribution is -2.31. The number of nitrogens with two attached hydrogens (primary N) is 1. The zero-order chi connectivity index (χ0) is 15.1. The number of hydrogen-bond acceptors (Lipinski definition) is 4. The van der Waals surface area contributed by atoms with Gasteiger partial charge in [-0.15, -0.1) is 29.7 Å². The van der Waals surface area contributed by atoms with E-state index in [9.17, 15) is 4.79 Å². The van der Waals surface area contributed by atoms with E-state index in [-0.39, 0.29) is 5.91 Å². The highest BCUT2D eigenvalue weighted by atomic mass is 32.2. The van der Waals surface area contributed by atoms with Crippen molar-refractivity contribution < 1.29 is 4.79 Å². The Balaban J connectivity index is 1.91. The fourth-order valence-electron chi connectivity index (χ4n) is 1.80. The standard InChI is InChI=1S/C16H18N2OS2/c1-2-9-18(11-15-4-3-10-20-15)16(19)12-21-14-7-5-13(17)6-8-14/h2-8,10H,1,9,11-12,17H2. The molecule has 0 saturated heterocycles. The maximum atomic E-state index is 12.3. The highest BCUT2D eigenvalue weighted by Crippen LogP contribution is 2.20. The Morgan fingerprint density at radius 2 is 2.10 bits per heavy atom. The van der Waals surface area contributed by atoms with Crippen molar-refractivity contribution in [3.63, 3.8) is 0 Å². The molecule has 1 aromatic heterocycles. The van der Waals surface area contributed by atoms with Crippen molar-refractivity contribution in [2.45, 2.75) is 11.4 Å². The van der Waals surface area contributed by atoms with Gasteiger partial charge in [-0.25, -0.2) is 0 Å². The van der Waals surface area contributed by atoms with Gasteiger partial charge in [-0.2, -0.15) is 0 Å². The topological polar surface area (TPSA) is 46.3 Å². The molecule has 1 heterocycles. The molecule has 0 aliphatic heterocycles. The Morgan fingerprint density at radius 1 is 1.33 bits per heavy atom. The number of amides is 1. The lowest BCUT2D eigenvalue weighted by atomic mass is 10.3. The number of rotatable bonds is 7. The van der Waals surface area contributed by atoms with Crippen LogP contribution in [0.4, 0.5) is 5.69 Å². The van der Waals surface area contributed by atoms with Gasteiger partial charge >= 0.3 is 0 Å². The summed E-state index contributed by atoms with van der Waals surface area (Å²) in [5.41, 5.74) is 6.38. The normalized spacial score (nSPS) is 10.3. The SMILES string of the molecule is C=CCN(Cc1cccs1)C(=O)CSc1ccc(N)cc1. The maximum absolute atomic E-state index is 12.3. The van der Waals surface area contributed by atoms with Crippen molar-refractivity contribution in [3.05, 3.63) is 59.3 Å². The van der Waals surface area contributed by atoms with E-state index in [1.165, 1.54) is 16.6 Å². The number of nitrogen functional groups attached to an aromatic ring is 1. The predicted molar refractivity (Wildman–Crippen MR) is 91.5 cm³/mol. The van der Waals surface area contributed by atoms with Crippen LogP contribution in [-0.2, 0) is 11.3 Å². The molecule has 0 saturated carbocycles. The molecule has 0 bridgehead atoms. The van der Waals surface area contributed by atoms with Crippen molar-refractivity contribution in [1.29, 1.82) is 0 Å². The first kappa shape index (κ1) is 15.7. The number of nitrogens with zero attached hydrogens (tertiary/aromatic N) is 1. The van der Waals surface area contributed by atoms with Crippen LogP contribution in [0.2, 0.25) is 0 Å². The van der Waals surface area contributed by atoms with Crippen molar-refractivity contribution >= 4 is 34.7 Å². The largest absolute Gasteiger partial charge is 0.399 e. The molecular formula is C16H18N2OS2. The van der Waals surface area contributed by atoms with Crippen LogP contribution in [-0.4, -0.2) is 23.1 Å². The van der Waals surface area contributed by atoms with Gasteiger partial charge in [0.15, 0.2) is 0 Å². The number of carbonyl (C=O) groups excluding carboxylic acids is 1. The van der Waals surface area contributed by atoms with Crippen LogP contribution in [0.3, 0.4) is 0 Å². The number of anilines is 1. The fourth-order valence-corrected chi connectivity index (χ4v) is 3.32. The molecule has 1 amide bonds. The molecule has 0 atom stereocenters. The number of thioether (sulfide) groups is 1. The van der Waals surface area contributed by atoms with Crippen LogP contribution in [0.15, 0.2) is 59.3 Å². The summed E-state index contributed by atoms with van der Waals surface area (Å²) >= 11 is 3.19. The molecule has 0 unspecified atom stereocenters. The van der Waals surface area contributed by atoms with Crippen molar-refractivity contribution in [2.24, 2.45) is 0 Å². The molecule has 2 N–H and O–H groups in total. The Hall–Kier alpha value is -1.72.